The monoisotopic (exact) mass is 155 g/mol. The molecule has 62 valence electrons. The van der Waals surface area contributed by atoms with E-state index < -0.39 is 0 Å². The fourth-order valence-electron chi connectivity index (χ4n) is 0.413. The van der Waals surface area contributed by atoms with E-state index >= 15 is 0 Å². The van der Waals surface area contributed by atoms with Crippen LogP contribution in [0.15, 0.2) is 36.1 Å². The first-order valence-electron chi connectivity index (χ1n) is 3.23. The number of aliphatic hydroxyl groups is 2. The molecule has 0 heterocycles. The van der Waals surface area contributed by atoms with Gasteiger partial charge in [0.05, 0.1) is 13.2 Å². The molecule has 3 nitrogen and oxygen atoms in total. The van der Waals surface area contributed by atoms with Crippen LogP contribution in [0, 0.1) is 0 Å². The average Bonchev–Trinajstić information content (AvgIpc) is 2.04. The lowest BCUT2D eigenvalue weighted by Crippen LogP contribution is -2.00. The summed E-state index contributed by atoms with van der Waals surface area (Å²) in [6.45, 7) is 3.30. The van der Waals surface area contributed by atoms with Gasteiger partial charge in [-0.3, -0.25) is 0 Å². The molecule has 0 amide bonds. The maximum atomic E-state index is 8.51. The molecule has 4 N–H and O–H groups in total. The van der Waals surface area contributed by atoms with Crippen molar-refractivity contribution in [3.63, 3.8) is 0 Å². The zero-order chi connectivity index (χ0) is 8.69. The third-order valence-electron chi connectivity index (χ3n) is 1.03. The van der Waals surface area contributed by atoms with Crippen molar-refractivity contribution in [3.8, 4) is 0 Å². The summed E-state index contributed by atoms with van der Waals surface area (Å²) < 4.78 is 0. The number of rotatable bonds is 4. The van der Waals surface area contributed by atoms with Crippen molar-refractivity contribution in [3.05, 3.63) is 36.1 Å². The van der Waals surface area contributed by atoms with E-state index in [1.807, 2.05) is 0 Å². The van der Waals surface area contributed by atoms with Crippen molar-refractivity contribution in [2.75, 3.05) is 13.2 Å². The van der Waals surface area contributed by atoms with E-state index in [0.29, 0.717) is 11.3 Å². The first-order chi connectivity index (χ1) is 5.20. The minimum Gasteiger partial charge on any atom is -0.400 e. The lowest BCUT2D eigenvalue weighted by Gasteiger charge is -1.91. The van der Waals surface area contributed by atoms with Crippen LogP contribution >= 0.6 is 0 Å². The highest BCUT2D eigenvalue weighted by atomic mass is 16.3. The van der Waals surface area contributed by atoms with Gasteiger partial charge in [-0.05, 0) is 11.6 Å². The van der Waals surface area contributed by atoms with Crippen molar-refractivity contribution < 1.29 is 10.2 Å². The molecule has 0 saturated heterocycles. The number of allylic oxidation sites excluding steroid dienone is 2. The predicted molar refractivity (Wildman–Crippen MR) is 44.7 cm³/mol. The minimum atomic E-state index is -0.157. The maximum Gasteiger partial charge on any atom is 0.0825 e. The number of nitrogens with two attached hydrogens (primary N) is 1. The van der Waals surface area contributed by atoms with Crippen LogP contribution in [0.2, 0.25) is 0 Å². The van der Waals surface area contributed by atoms with E-state index in [4.69, 9.17) is 15.9 Å². The van der Waals surface area contributed by atoms with Crippen LogP contribution in [-0.2, 0) is 0 Å². The number of hydrogen-bond acceptors (Lipinski definition) is 3. The summed E-state index contributed by atoms with van der Waals surface area (Å²) >= 11 is 0. The molecule has 3 heteroatoms. The number of hydrogen-bond donors (Lipinski definition) is 3. The van der Waals surface area contributed by atoms with Crippen LogP contribution < -0.4 is 5.73 Å². The lowest BCUT2D eigenvalue weighted by atomic mass is 10.3. The molecule has 0 radical (unpaired) electrons. The molecule has 0 aromatic carbocycles. The molecule has 0 aliphatic carbocycles. The third kappa shape index (κ3) is 5.39. The number of aliphatic hydroxyl groups excluding tert-OH is 2. The average molecular weight is 155 g/mol. The SMILES string of the molecule is C=C(/C=C\C=C(/N)CO)CO. The Morgan fingerprint density at radius 1 is 1.36 bits per heavy atom. The molecular formula is C8H13NO2. The lowest BCUT2D eigenvalue weighted by molar-refractivity contribution is 0.329. The Kier molecular flexibility index (Phi) is 5.15. The van der Waals surface area contributed by atoms with E-state index in [0.717, 1.165) is 0 Å². The summed E-state index contributed by atoms with van der Waals surface area (Å²) in [7, 11) is 0. The Balaban J connectivity index is 3.85. The summed E-state index contributed by atoms with van der Waals surface area (Å²) in [6.07, 6.45) is 4.81. The second-order valence-electron chi connectivity index (χ2n) is 2.08. The summed E-state index contributed by atoms with van der Waals surface area (Å²) in [5.41, 5.74) is 6.25. The van der Waals surface area contributed by atoms with Crippen LogP contribution in [0.3, 0.4) is 0 Å². The highest BCUT2D eigenvalue weighted by molar-refractivity contribution is 5.21. The van der Waals surface area contributed by atoms with Gasteiger partial charge in [0.25, 0.3) is 0 Å². The van der Waals surface area contributed by atoms with Crippen molar-refractivity contribution in [2.24, 2.45) is 5.73 Å². The Morgan fingerprint density at radius 2 is 2.00 bits per heavy atom. The largest absolute Gasteiger partial charge is 0.400 e. The minimum absolute atomic E-state index is 0.0661. The fraction of sp³-hybridized carbons (Fsp3) is 0.250. The van der Waals surface area contributed by atoms with E-state index in [9.17, 15) is 0 Å². The molecule has 0 aromatic heterocycles. The van der Waals surface area contributed by atoms with Gasteiger partial charge in [-0.25, -0.2) is 0 Å². The molecule has 0 bridgehead atoms. The van der Waals surface area contributed by atoms with Gasteiger partial charge in [0.1, 0.15) is 0 Å². The van der Waals surface area contributed by atoms with Crippen molar-refractivity contribution in [1.82, 2.24) is 0 Å². The van der Waals surface area contributed by atoms with Gasteiger partial charge < -0.3 is 15.9 Å². The van der Waals surface area contributed by atoms with Gasteiger partial charge in [0, 0.05) is 5.70 Å². The van der Waals surface area contributed by atoms with Crippen molar-refractivity contribution in [1.29, 1.82) is 0 Å². The fourth-order valence-corrected chi connectivity index (χ4v) is 0.413. The molecule has 0 aromatic rings. The summed E-state index contributed by atoms with van der Waals surface area (Å²) in [5.74, 6) is 0. The zero-order valence-corrected chi connectivity index (χ0v) is 6.33. The molecule has 0 atom stereocenters. The van der Waals surface area contributed by atoms with Crippen LogP contribution in [-0.4, -0.2) is 23.4 Å². The quantitative estimate of drug-likeness (QED) is 0.498. The maximum absolute atomic E-state index is 8.51. The third-order valence-corrected chi connectivity index (χ3v) is 1.03. The molecule has 0 fully saturated rings. The van der Waals surface area contributed by atoms with E-state index in [1.165, 1.54) is 0 Å². The van der Waals surface area contributed by atoms with Crippen LogP contribution in [0.1, 0.15) is 0 Å². The van der Waals surface area contributed by atoms with Gasteiger partial charge in [0.15, 0.2) is 0 Å². The molecule has 0 aliphatic rings. The molecule has 0 spiro atoms. The Morgan fingerprint density at radius 3 is 2.45 bits per heavy atom. The Bertz CT molecular complexity index is 183. The van der Waals surface area contributed by atoms with Crippen LogP contribution in [0.25, 0.3) is 0 Å². The Labute approximate surface area is 66.2 Å². The summed E-state index contributed by atoms with van der Waals surface area (Å²) in [5, 5.41) is 17.0. The van der Waals surface area contributed by atoms with Crippen LogP contribution in [0.5, 0.6) is 0 Å². The van der Waals surface area contributed by atoms with E-state index in [-0.39, 0.29) is 13.2 Å². The van der Waals surface area contributed by atoms with E-state index in [1.54, 1.807) is 18.2 Å². The molecule has 0 aliphatic heterocycles. The normalized spacial score (nSPS) is 12.4. The standard InChI is InChI=1S/C8H13NO2/c1-7(5-10)3-2-4-8(9)6-11/h2-4,10-11H,1,5-6,9H2/b3-2-,8-4-. The zero-order valence-electron chi connectivity index (χ0n) is 6.33. The smallest absolute Gasteiger partial charge is 0.0825 e. The first kappa shape index (κ1) is 9.94. The van der Waals surface area contributed by atoms with Gasteiger partial charge >= 0.3 is 0 Å². The molecular weight excluding hydrogens is 142 g/mol. The van der Waals surface area contributed by atoms with Gasteiger partial charge in [-0.1, -0.05) is 18.7 Å². The molecule has 0 saturated carbocycles. The Hall–Kier alpha value is -1.06. The van der Waals surface area contributed by atoms with E-state index in [2.05, 4.69) is 6.58 Å². The summed E-state index contributed by atoms with van der Waals surface area (Å²) in [6, 6.07) is 0. The topological polar surface area (TPSA) is 66.5 Å². The highest BCUT2D eigenvalue weighted by Crippen LogP contribution is 1.91. The summed E-state index contributed by atoms with van der Waals surface area (Å²) in [4.78, 5) is 0. The van der Waals surface area contributed by atoms with Crippen molar-refractivity contribution in [2.45, 2.75) is 0 Å². The highest BCUT2D eigenvalue weighted by Gasteiger charge is 1.82. The van der Waals surface area contributed by atoms with Gasteiger partial charge in [-0.2, -0.15) is 0 Å². The second kappa shape index (κ2) is 5.70. The second-order valence-corrected chi connectivity index (χ2v) is 2.08. The molecule has 0 unspecified atom stereocenters. The molecule has 11 heavy (non-hydrogen) atoms. The predicted octanol–water partition coefficient (Wildman–Crippen LogP) is -0.0740. The molecule has 0 rings (SSSR count). The van der Waals surface area contributed by atoms with Crippen LogP contribution in [0.4, 0.5) is 0 Å². The van der Waals surface area contributed by atoms with Crippen molar-refractivity contribution >= 4 is 0 Å². The first-order valence-corrected chi connectivity index (χ1v) is 3.23. The van der Waals surface area contributed by atoms with Gasteiger partial charge in [0.2, 0.25) is 0 Å². The van der Waals surface area contributed by atoms with Gasteiger partial charge in [-0.15, -0.1) is 0 Å².